The molecule has 8 nitrogen and oxygen atoms in total. The largest absolute Gasteiger partial charge is 0.353 e. The van der Waals surface area contributed by atoms with Gasteiger partial charge in [0, 0.05) is 38.1 Å². The summed E-state index contributed by atoms with van der Waals surface area (Å²) in [4.78, 5) is 26.6. The van der Waals surface area contributed by atoms with Crippen LogP contribution >= 0.6 is 11.3 Å². The number of piperazine rings is 1. The summed E-state index contributed by atoms with van der Waals surface area (Å²) in [6, 6.07) is 8.35. The highest BCUT2D eigenvalue weighted by molar-refractivity contribution is 7.91. The molecule has 32 heavy (non-hydrogen) atoms. The molecule has 11 heteroatoms. The van der Waals surface area contributed by atoms with Gasteiger partial charge >= 0.3 is 0 Å². The summed E-state index contributed by atoms with van der Waals surface area (Å²) >= 11 is 1.15. The van der Waals surface area contributed by atoms with Crippen LogP contribution < -0.4 is 15.4 Å². The van der Waals surface area contributed by atoms with Crippen LogP contribution in [0.25, 0.3) is 0 Å². The van der Waals surface area contributed by atoms with Crippen LogP contribution in [0.4, 0.5) is 4.39 Å². The summed E-state index contributed by atoms with van der Waals surface area (Å²) in [7, 11) is -3.62. The molecule has 3 unspecified atom stereocenters. The predicted molar refractivity (Wildman–Crippen MR) is 118 cm³/mol. The van der Waals surface area contributed by atoms with Crippen molar-refractivity contribution in [2.45, 2.75) is 48.1 Å². The van der Waals surface area contributed by atoms with E-state index >= 15 is 0 Å². The second-order valence-corrected chi connectivity index (χ2v) is 10.9. The van der Waals surface area contributed by atoms with Crippen LogP contribution in [0.1, 0.15) is 24.8 Å². The molecule has 2 aromatic rings. The highest BCUT2D eigenvalue weighted by Gasteiger charge is 2.44. The average Bonchev–Trinajstić information content (AvgIpc) is 3.44. The topological polar surface area (TPSA) is 108 Å². The van der Waals surface area contributed by atoms with E-state index in [9.17, 15) is 22.4 Å². The van der Waals surface area contributed by atoms with Crippen molar-refractivity contribution in [3.63, 3.8) is 0 Å². The molecule has 2 aliphatic heterocycles. The van der Waals surface area contributed by atoms with Gasteiger partial charge in [-0.3, -0.25) is 14.5 Å². The summed E-state index contributed by atoms with van der Waals surface area (Å²) in [5.41, 5.74) is 0.810. The summed E-state index contributed by atoms with van der Waals surface area (Å²) in [6.07, 6.45) is 1.21. The minimum absolute atomic E-state index is 0.0505. The van der Waals surface area contributed by atoms with Crippen molar-refractivity contribution in [3.8, 4) is 0 Å². The number of carbonyl (C=O) groups excluding carboxylic acids is 2. The molecule has 2 amide bonds. The first-order valence-electron chi connectivity index (χ1n) is 10.4. The summed E-state index contributed by atoms with van der Waals surface area (Å²) < 4.78 is 41.0. The smallest absolute Gasteiger partial charge is 0.250 e. The molecule has 2 saturated heterocycles. The lowest BCUT2D eigenvalue weighted by molar-refractivity contribution is -0.129. The van der Waals surface area contributed by atoms with Gasteiger partial charge in [0.1, 0.15) is 10.0 Å². The van der Waals surface area contributed by atoms with Gasteiger partial charge in [-0.2, -0.15) is 0 Å². The Morgan fingerprint density at radius 1 is 1.25 bits per heavy atom. The summed E-state index contributed by atoms with van der Waals surface area (Å²) in [5, 5.41) is 7.41. The number of benzene rings is 1. The van der Waals surface area contributed by atoms with E-state index in [4.69, 9.17) is 0 Å². The lowest BCUT2D eigenvalue weighted by atomic mass is 10.0. The van der Waals surface area contributed by atoms with Crippen LogP contribution in [-0.2, 0) is 26.2 Å². The first-order chi connectivity index (χ1) is 15.3. The van der Waals surface area contributed by atoms with Gasteiger partial charge in [-0.1, -0.05) is 18.2 Å². The van der Waals surface area contributed by atoms with Gasteiger partial charge in [-0.15, -0.1) is 11.3 Å². The lowest BCUT2D eigenvalue weighted by Crippen LogP contribution is -2.58. The van der Waals surface area contributed by atoms with Gasteiger partial charge < -0.3 is 10.6 Å². The minimum atomic E-state index is -3.62. The van der Waals surface area contributed by atoms with Gasteiger partial charge in [-0.05, 0) is 42.0 Å². The molecule has 0 radical (unpaired) electrons. The van der Waals surface area contributed by atoms with Crippen molar-refractivity contribution >= 4 is 33.2 Å². The number of thiophene rings is 1. The highest BCUT2D eigenvalue weighted by Crippen LogP contribution is 2.27. The zero-order valence-corrected chi connectivity index (χ0v) is 18.9. The molecule has 3 atom stereocenters. The Kier molecular flexibility index (Phi) is 6.89. The van der Waals surface area contributed by atoms with Crippen molar-refractivity contribution in [3.05, 3.63) is 53.2 Å². The zero-order valence-electron chi connectivity index (χ0n) is 17.3. The maximum absolute atomic E-state index is 13.0. The number of rotatable bonds is 8. The lowest BCUT2D eigenvalue weighted by Gasteiger charge is -2.37. The Bertz CT molecular complexity index is 1060. The van der Waals surface area contributed by atoms with Crippen molar-refractivity contribution in [2.75, 3.05) is 13.1 Å². The van der Waals surface area contributed by atoms with Crippen LogP contribution in [-0.4, -0.2) is 56.3 Å². The van der Waals surface area contributed by atoms with E-state index in [-0.39, 0.29) is 40.3 Å². The van der Waals surface area contributed by atoms with E-state index in [2.05, 4.69) is 15.4 Å². The van der Waals surface area contributed by atoms with Crippen LogP contribution in [0.15, 0.2) is 46.0 Å². The number of nitrogens with one attached hydrogen (secondary N) is 3. The molecular weight excluding hydrogens is 455 g/mol. The SMILES string of the molecule is O=C(CCC1CNC(=O)C2CC(NS(=O)(=O)c3cccs3)CN12)NCc1ccc(F)cc1. The summed E-state index contributed by atoms with van der Waals surface area (Å²) in [5.74, 6) is -0.563. The molecule has 1 aromatic carbocycles. The Labute approximate surface area is 190 Å². The standard InChI is InChI=1S/C21H25FN4O4S2/c22-15-5-3-14(4-6-15)11-23-19(27)8-7-17-12-24-21(28)18-10-16(13-26(17)18)25-32(29,30)20-2-1-9-31-20/h1-6,9,16-18,25H,7-8,10-13H2,(H,23,27)(H,24,28). The number of hydrogen-bond donors (Lipinski definition) is 3. The molecule has 0 spiro atoms. The fourth-order valence-electron chi connectivity index (χ4n) is 4.21. The Balaban J connectivity index is 1.30. The molecular formula is C21H25FN4O4S2. The third-order valence-corrected chi connectivity index (χ3v) is 8.73. The molecule has 3 heterocycles. The maximum Gasteiger partial charge on any atom is 0.250 e. The number of halogens is 1. The van der Waals surface area contributed by atoms with E-state index in [0.717, 1.165) is 16.9 Å². The van der Waals surface area contributed by atoms with E-state index in [1.54, 1.807) is 29.6 Å². The number of sulfonamides is 1. The number of fused-ring (bicyclic) bond motifs is 1. The van der Waals surface area contributed by atoms with E-state index in [1.165, 1.54) is 12.1 Å². The highest BCUT2D eigenvalue weighted by atomic mass is 32.2. The fraction of sp³-hybridized carbons (Fsp3) is 0.429. The first kappa shape index (κ1) is 22.8. The predicted octanol–water partition coefficient (Wildman–Crippen LogP) is 1.20. The van der Waals surface area contributed by atoms with Crippen LogP contribution in [0, 0.1) is 5.82 Å². The molecule has 0 aliphatic carbocycles. The zero-order chi connectivity index (χ0) is 22.7. The second kappa shape index (κ2) is 9.65. The number of nitrogens with zero attached hydrogens (tertiary/aromatic N) is 1. The van der Waals surface area contributed by atoms with Crippen LogP contribution in [0.5, 0.6) is 0 Å². The Hall–Kier alpha value is -2.34. The molecule has 4 rings (SSSR count). The average molecular weight is 481 g/mol. The van der Waals surface area contributed by atoms with Gasteiger partial charge in [0.25, 0.3) is 0 Å². The van der Waals surface area contributed by atoms with Crippen molar-refractivity contribution < 1.29 is 22.4 Å². The number of amides is 2. The maximum atomic E-state index is 13.0. The Morgan fingerprint density at radius 2 is 2.03 bits per heavy atom. The minimum Gasteiger partial charge on any atom is -0.353 e. The van der Waals surface area contributed by atoms with Crippen molar-refractivity contribution in [1.29, 1.82) is 0 Å². The fourth-order valence-corrected chi connectivity index (χ4v) is 6.46. The van der Waals surface area contributed by atoms with E-state index < -0.39 is 16.1 Å². The van der Waals surface area contributed by atoms with Gasteiger partial charge in [0.05, 0.1) is 6.04 Å². The van der Waals surface area contributed by atoms with Crippen LogP contribution in [0.3, 0.4) is 0 Å². The van der Waals surface area contributed by atoms with Gasteiger partial charge in [-0.25, -0.2) is 17.5 Å². The van der Waals surface area contributed by atoms with Crippen molar-refractivity contribution in [2.24, 2.45) is 0 Å². The monoisotopic (exact) mass is 480 g/mol. The first-order valence-corrected chi connectivity index (χ1v) is 12.8. The third kappa shape index (κ3) is 5.34. The van der Waals surface area contributed by atoms with E-state index in [0.29, 0.717) is 32.5 Å². The molecule has 1 aromatic heterocycles. The van der Waals surface area contributed by atoms with E-state index in [1.807, 2.05) is 4.90 Å². The third-order valence-electron chi connectivity index (χ3n) is 5.81. The number of carbonyl (C=O) groups is 2. The van der Waals surface area contributed by atoms with Gasteiger partial charge in [0.15, 0.2) is 0 Å². The Morgan fingerprint density at radius 3 is 2.75 bits per heavy atom. The molecule has 0 bridgehead atoms. The number of hydrogen-bond acceptors (Lipinski definition) is 6. The molecule has 2 fully saturated rings. The molecule has 0 saturated carbocycles. The van der Waals surface area contributed by atoms with Gasteiger partial charge in [0.2, 0.25) is 21.8 Å². The van der Waals surface area contributed by atoms with Crippen LogP contribution in [0.2, 0.25) is 0 Å². The molecule has 2 aliphatic rings. The summed E-state index contributed by atoms with van der Waals surface area (Å²) in [6.45, 7) is 1.16. The second-order valence-electron chi connectivity index (χ2n) is 8.04. The molecule has 172 valence electrons. The molecule has 3 N–H and O–H groups in total. The normalized spacial score (nSPS) is 23.5. The van der Waals surface area contributed by atoms with Crippen molar-refractivity contribution in [1.82, 2.24) is 20.3 Å². The quantitative estimate of drug-likeness (QED) is 0.526.